The second kappa shape index (κ2) is 9.72. The lowest BCUT2D eigenvalue weighted by Crippen LogP contribution is -2.33. The van der Waals surface area contributed by atoms with E-state index in [1.807, 2.05) is 23.1 Å². The Morgan fingerprint density at radius 1 is 0.971 bits per heavy atom. The minimum atomic E-state index is -1.03. The summed E-state index contributed by atoms with van der Waals surface area (Å²) in [5, 5.41) is 5.28. The molecule has 4 aromatic rings. The third-order valence-electron chi connectivity index (χ3n) is 6.35. The smallest absolute Gasteiger partial charge is 0.262 e. The number of thioether (sulfide) groups is 1. The highest BCUT2D eigenvalue weighted by atomic mass is 32.2. The first-order valence-electron chi connectivity index (χ1n) is 12.2. The Balaban J connectivity index is 1.45. The molecule has 0 amide bonds. The van der Waals surface area contributed by atoms with E-state index in [9.17, 15) is 0 Å². The molecule has 1 aliphatic heterocycles. The van der Waals surface area contributed by atoms with Gasteiger partial charge < -0.3 is 4.90 Å². The molecule has 0 atom stereocenters. The van der Waals surface area contributed by atoms with E-state index in [1.165, 1.54) is 54.1 Å². The zero-order chi connectivity index (χ0) is 23.7. The van der Waals surface area contributed by atoms with Crippen LogP contribution in [0, 0.1) is 0 Å². The predicted octanol–water partition coefficient (Wildman–Crippen LogP) is 8.56. The number of hydrogen-bond acceptors (Lipinski definition) is 3. The number of anilines is 1. The molecule has 0 radical (unpaired) electrons. The summed E-state index contributed by atoms with van der Waals surface area (Å²) in [7, 11) is -1.03. The standard InChI is InChI=1S/C29H33N2S2Si/c1-5-30-27(33-26-19-18-22-12-6-7-13-23(22)29(26)30)16-10-17-28-31(20-11-21-34(2,3)4)24-14-8-9-15-25(24)32-28/h6-10,12-19H,5,11,20-21H2,1-4H3/q+1. The average molecular weight is 502 g/mol. The van der Waals surface area contributed by atoms with Crippen molar-refractivity contribution in [2.75, 3.05) is 11.4 Å². The number of aromatic nitrogens is 1. The molecule has 0 fully saturated rings. The van der Waals surface area contributed by atoms with Crippen LogP contribution in [0.3, 0.4) is 0 Å². The molecule has 5 heteroatoms. The third kappa shape index (κ3) is 4.74. The summed E-state index contributed by atoms with van der Waals surface area (Å²) in [6, 6.07) is 23.4. The van der Waals surface area contributed by atoms with Crippen LogP contribution in [0.15, 0.2) is 82.7 Å². The average Bonchev–Trinajstić information content (AvgIpc) is 3.36. The molecule has 0 bridgehead atoms. The summed E-state index contributed by atoms with van der Waals surface area (Å²) in [4.78, 5) is 3.89. The van der Waals surface area contributed by atoms with Crippen molar-refractivity contribution in [3.63, 3.8) is 0 Å². The minimum Gasteiger partial charge on any atom is -0.335 e. The van der Waals surface area contributed by atoms with Crippen LogP contribution >= 0.6 is 23.1 Å². The van der Waals surface area contributed by atoms with Gasteiger partial charge in [0.15, 0.2) is 0 Å². The van der Waals surface area contributed by atoms with Crippen molar-refractivity contribution in [1.29, 1.82) is 0 Å². The summed E-state index contributed by atoms with van der Waals surface area (Å²) in [5.41, 5.74) is 2.72. The molecular formula is C29H33N2S2Si+. The van der Waals surface area contributed by atoms with Crippen LogP contribution in [-0.2, 0) is 6.54 Å². The lowest BCUT2D eigenvalue weighted by Gasteiger charge is -2.22. The van der Waals surface area contributed by atoms with Crippen molar-refractivity contribution in [2.45, 2.75) is 50.5 Å². The van der Waals surface area contributed by atoms with Gasteiger partial charge in [-0.3, -0.25) is 0 Å². The molecule has 174 valence electrons. The van der Waals surface area contributed by atoms with Gasteiger partial charge in [-0.15, -0.1) is 0 Å². The molecule has 0 saturated carbocycles. The van der Waals surface area contributed by atoms with Crippen LogP contribution in [0.4, 0.5) is 5.69 Å². The topological polar surface area (TPSA) is 7.12 Å². The Hall–Kier alpha value is -2.34. The van der Waals surface area contributed by atoms with E-state index in [4.69, 9.17) is 0 Å². The molecule has 1 aromatic heterocycles. The summed E-state index contributed by atoms with van der Waals surface area (Å²) < 4.78 is 3.81. The van der Waals surface area contributed by atoms with Crippen LogP contribution in [0.5, 0.6) is 0 Å². The summed E-state index contributed by atoms with van der Waals surface area (Å²) >= 11 is 3.78. The van der Waals surface area contributed by atoms with E-state index in [2.05, 4.69) is 115 Å². The predicted molar refractivity (Wildman–Crippen MR) is 155 cm³/mol. The fourth-order valence-corrected chi connectivity index (χ4v) is 8.17. The van der Waals surface area contributed by atoms with Gasteiger partial charge in [-0.25, -0.2) is 0 Å². The van der Waals surface area contributed by atoms with E-state index in [0.717, 1.165) is 13.1 Å². The first kappa shape index (κ1) is 23.4. The molecule has 0 aliphatic carbocycles. The molecule has 3 aromatic carbocycles. The van der Waals surface area contributed by atoms with Gasteiger partial charge >= 0.3 is 0 Å². The number of allylic oxidation sites excluding steroid dienone is 2. The highest BCUT2D eigenvalue weighted by molar-refractivity contribution is 8.03. The van der Waals surface area contributed by atoms with Crippen molar-refractivity contribution in [3.8, 4) is 0 Å². The maximum Gasteiger partial charge on any atom is 0.262 e. The van der Waals surface area contributed by atoms with Crippen LogP contribution in [0.1, 0.15) is 18.4 Å². The van der Waals surface area contributed by atoms with Gasteiger partial charge in [0.1, 0.15) is 11.2 Å². The Bertz CT molecular complexity index is 1390. The Morgan fingerprint density at radius 3 is 2.59 bits per heavy atom. The van der Waals surface area contributed by atoms with Gasteiger partial charge in [-0.1, -0.05) is 91.3 Å². The number of fused-ring (bicyclic) bond motifs is 4. The normalized spacial score (nSPS) is 15.3. The summed E-state index contributed by atoms with van der Waals surface area (Å²) in [6.07, 6.45) is 8.10. The number of rotatable bonds is 7. The lowest BCUT2D eigenvalue weighted by atomic mass is 10.1. The van der Waals surface area contributed by atoms with Gasteiger partial charge in [-0.2, -0.15) is 4.57 Å². The van der Waals surface area contributed by atoms with Crippen LogP contribution in [-0.4, -0.2) is 14.6 Å². The zero-order valence-electron chi connectivity index (χ0n) is 20.5. The molecule has 0 spiro atoms. The van der Waals surface area contributed by atoms with Gasteiger partial charge in [0, 0.05) is 25.6 Å². The second-order valence-electron chi connectivity index (χ2n) is 10.1. The van der Waals surface area contributed by atoms with Gasteiger partial charge in [0.2, 0.25) is 5.52 Å². The molecule has 1 aliphatic rings. The number of hydrogen-bond donors (Lipinski definition) is 0. The van der Waals surface area contributed by atoms with Crippen molar-refractivity contribution >= 4 is 63.9 Å². The minimum absolute atomic E-state index is 0.966. The number of benzene rings is 3. The van der Waals surface area contributed by atoms with E-state index in [1.54, 1.807) is 0 Å². The molecule has 0 saturated heterocycles. The Kier molecular flexibility index (Phi) is 6.69. The van der Waals surface area contributed by atoms with Crippen molar-refractivity contribution in [2.24, 2.45) is 0 Å². The molecule has 2 nitrogen and oxygen atoms in total. The SMILES string of the molecule is CC[n+]1c(C=CC=C2Sc3ccccc3N2CCC[Si](C)(C)C)sc2ccc3ccccc3c21. The van der Waals surface area contributed by atoms with E-state index in [-0.39, 0.29) is 0 Å². The maximum absolute atomic E-state index is 2.52. The number of aryl methyl sites for hydroxylation is 1. The summed E-state index contributed by atoms with van der Waals surface area (Å²) in [6.45, 7) is 11.7. The van der Waals surface area contributed by atoms with Gasteiger partial charge in [-0.05, 0) is 49.1 Å². The van der Waals surface area contributed by atoms with Gasteiger partial charge in [0.05, 0.1) is 16.1 Å². The van der Waals surface area contributed by atoms with E-state index >= 15 is 0 Å². The zero-order valence-corrected chi connectivity index (χ0v) is 23.2. The van der Waals surface area contributed by atoms with Crippen molar-refractivity contribution in [1.82, 2.24) is 0 Å². The fraction of sp³-hybridized carbons (Fsp3) is 0.276. The first-order valence-corrected chi connectivity index (χ1v) is 17.6. The highest BCUT2D eigenvalue weighted by Crippen LogP contribution is 2.46. The number of nitrogens with zero attached hydrogens (tertiary/aromatic N) is 2. The van der Waals surface area contributed by atoms with E-state index in [0.29, 0.717) is 0 Å². The summed E-state index contributed by atoms with van der Waals surface area (Å²) in [5.74, 6) is 0. The van der Waals surface area contributed by atoms with Crippen LogP contribution in [0.25, 0.3) is 27.1 Å². The lowest BCUT2D eigenvalue weighted by molar-refractivity contribution is -0.664. The maximum atomic E-state index is 2.52. The number of thiazole rings is 1. The molecule has 34 heavy (non-hydrogen) atoms. The van der Waals surface area contributed by atoms with Crippen LogP contribution in [0.2, 0.25) is 25.7 Å². The van der Waals surface area contributed by atoms with Crippen LogP contribution < -0.4 is 9.47 Å². The second-order valence-corrected chi connectivity index (χ2v) is 17.8. The molecular weight excluding hydrogens is 469 g/mol. The largest absolute Gasteiger partial charge is 0.335 e. The third-order valence-corrected chi connectivity index (χ3v) is 10.5. The quantitative estimate of drug-likeness (QED) is 0.185. The van der Waals surface area contributed by atoms with Crippen molar-refractivity contribution < 1.29 is 4.57 Å². The van der Waals surface area contributed by atoms with Gasteiger partial charge in [0.25, 0.3) is 5.01 Å². The van der Waals surface area contributed by atoms with Crippen molar-refractivity contribution in [3.05, 3.63) is 82.9 Å². The Morgan fingerprint density at radius 2 is 1.76 bits per heavy atom. The Labute approximate surface area is 212 Å². The fourth-order valence-electron chi connectivity index (χ4n) is 4.70. The highest BCUT2D eigenvalue weighted by Gasteiger charge is 2.25. The first-order chi connectivity index (χ1) is 16.4. The monoisotopic (exact) mass is 501 g/mol. The molecule has 5 rings (SSSR count). The number of para-hydroxylation sites is 1. The van der Waals surface area contributed by atoms with E-state index < -0.39 is 8.07 Å². The molecule has 0 unspecified atom stereocenters. The molecule has 2 heterocycles. The molecule has 0 N–H and O–H groups in total.